The number of amides is 2. The fourth-order valence-corrected chi connectivity index (χ4v) is 4.33. The van der Waals surface area contributed by atoms with Gasteiger partial charge in [0.1, 0.15) is 6.54 Å². The second-order valence-electron chi connectivity index (χ2n) is 8.66. The molecule has 4 rings (SSSR count). The zero-order valence-corrected chi connectivity index (χ0v) is 18.7. The average Bonchev–Trinajstić information content (AvgIpc) is 3.31. The largest absolute Gasteiger partial charge is 0.416 e. The number of nitrogens with one attached hydrogen (secondary N) is 1. The number of alkyl halides is 3. The summed E-state index contributed by atoms with van der Waals surface area (Å²) < 4.78 is 39.2. The number of hydrogen-bond acceptors (Lipinski definition) is 4. The number of nitrogens with zero attached hydrogens (tertiary/aromatic N) is 3. The zero-order valence-electron chi connectivity index (χ0n) is 18.7. The fourth-order valence-electron chi connectivity index (χ4n) is 4.33. The first kappa shape index (κ1) is 23.1. The summed E-state index contributed by atoms with van der Waals surface area (Å²) in [7, 11) is 1.82. The molecule has 1 fully saturated rings. The Bertz CT molecular complexity index is 1050. The maximum absolute atomic E-state index is 13.3. The monoisotopic (exact) mass is 460 g/mol. The van der Waals surface area contributed by atoms with E-state index in [0.717, 1.165) is 30.8 Å². The van der Waals surface area contributed by atoms with Crippen LogP contribution in [0.3, 0.4) is 0 Å². The van der Waals surface area contributed by atoms with Gasteiger partial charge >= 0.3 is 6.18 Å². The van der Waals surface area contributed by atoms with Crippen molar-refractivity contribution in [3.63, 3.8) is 0 Å². The molecule has 1 unspecified atom stereocenters. The van der Waals surface area contributed by atoms with Crippen molar-refractivity contribution in [1.82, 2.24) is 4.90 Å². The molecule has 0 aromatic heterocycles. The minimum Gasteiger partial charge on any atom is -0.372 e. The number of benzene rings is 2. The van der Waals surface area contributed by atoms with E-state index in [1.165, 1.54) is 29.5 Å². The van der Waals surface area contributed by atoms with Crippen molar-refractivity contribution in [2.75, 3.05) is 41.8 Å². The SMILES string of the molecule is CC(C(=O)N1CC(=O)Nc2cc(C(F)(F)F)ccc21)N(C)Cc1cccc(N2CCCC2)c1. The quantitative estimate of drug-likeness (QED) is 0.730. The highest BCUT2D eigenvalue weighted by Gasteiger charge is 2.35. The molecule has 0 spiro atoms. The number of fused-ring (bicyclic) bond motifs is 1. The normalized spacial score (nSPS) is 17.2. The summed E-state index contributed by atoms with van der Waals surface area (Å²) in [5, 5.41) is 2.45. The zero-order chi connectivity index (χ0) is 23.8. The summed E-state index contributed by atoms with van der Waals surface area (Å²) in [4.78, 5) is 30.9. The van der Waals surface area contributed by atoms with Crippen molar-refractivity contribution < 1.29 is 22.8 Å². The molecule has 1 N–H and O–H groups in total. The van der Waals surface area contributed by atoms with Crippen molar-refractivity contribution in [3.05, 3.63) is 53.6 Å². The second-order valence-corrected chi connectivity index (χ2v) is 8.66. The molecule has 0 radical (unpaired) electrons. The lowest BCUT2D eigenvalue weighted by Crippen LogP contribution is -2.50. The van der Waals surface area contributed by atoms with Crippen molar-refractivity contribution in [2.24, 2.45) is 0 Å². The number of likely N-dealkylation sites (N-methyl/N-ethyl adjacent to an activating group) is 1. The van der Waals surface area contributed by atoms with Gasteiger partial charge in [-0.3, -0.25) is 19.4 Å². The Labute approximate surface area is 191 Å². The highest BCUT2D eigenvalue weighted by Crippen LogP contribution is 2.37. The lowest BCUT2D eigenvalue weighted by atomic mass is 10.1. The van der Waals surface area contributed by atoms with Gasteiger partial charge in [-0.1, -0.05) is 12.1 Å². The molecule has 2 aliphatic heterocycles. The van der Waals surface area contributed by atoms with Crippen LogP contribution in [0.5, 0.6) is 0 Å². The van der Waals surface area contributed by atoms with E-state index < -0.39 is 23.7 Å². The number of carbonyl (C=O) groups is 2. The number of carbonyl (C=O) groups excluding carboxylic acids is 2. The Hall–Kier alpha value is -3.07. The fraction of sp³-hybridized carbons (Fsp3) is 0.417. The van der Waals surface area contributed by atoms with Gasteiger partial charge in [-0.05, 0) is 62.7 Å². The van der Waals surface area contributed by atoms with Gasteiger partial charge in [0.05, 0.1) is 23.0 Å². The Balaban J connectivity index is 1.50. The van der Waals surface area contributed by atoms with E-state index in [9.17, 15) is 22.8 Å². The molecule has 2 aliphatic rings. The van der Waals surface area contributed by atoms with Gasteiger partial charge < -0.3 is 10.2 Å². The molecule has 2 heterocycles. The molecule has 0 saturated carbocycles. The predicted molar refractivity (Wildman–Crippen MR) is 121 cm³/mol. The summed E-state index contributed by atoms with van der Waals surface area (Å²) in [6, 6.07) is 10.7. The smallest absolute Gasteiger partial charge is 0.372 e. The van der Waals surface area contributed by atoms with Crippen LogP contribution in [-0.4, -0.2) is 49.4 Å². The lowest BCUT2D eigenvalue weighted by Gasteiger charge is -2.34. The minimum absolute atomic E-state index is 0.0115. The highest BCUT2D eigenvalue weighted by molar-refractivity contribution is 6.11. The average molecular weight is 461 g/mol. The van der Waals surface area contributed by atoms with Crippen LogP contribution < -0.4 is 15.1 Å². The second kappa shape index (κ2) is 9.05. The van der Waals surface area contributed by atoms with Gasteiger partial charge in [0.15, 0.2) is 0 Å². The van der Waals surface area contributed by atoms with Crippen LogP contribution in [-0.2, 0) is 22.3 Å². The Morgan fingerprint density at radius 3 is 2.58 bits per heavy atom. The predicted octanol–water partition coefficient (Wildman–Crippen LogP) is 4.11. The third kappa shape index (κ3) is 4.98. The molecule has 1 saturated heterocycles. The Morgan fingerprint density at radius 1 is 1.15 bits per heavy atom. The summed E-state index contributed by atoms with van der Waals surface area (Å²) in [6.45, 7) is 4.11. The van der Waals surface area contributed by atoms with Crippen molar-refractivity contribution in [3.8, 4) is 0 Å². The van der Waals surface area contributed by atoms with Crippen LogP contribution in [0.1, 0.15) is 30.9 Å². The van der Waals surface area contributed by atoms with Crippen LogP contribution in [0.2, 0.25) is 0 Å². The summed E-state index contributed by atoms with van der Waals surface area (Å²) >= 11 is 0. The van der Waals surface area contributed by atoms with Gasteiger partial charge in [0.25, 0.3) is 0 Å². The van der Waals surface area contributed by atoms with Crippen molar-refractivity contribution >= 4 is 28.9 Å². The van der Waals surface area contributed by atoms with E-state index in [4.69, 9.17) is 0 Å². The Kier molecular flexibility index (Phi) is 6.34. The van der Waals surface area contributed by atoms with Crippen LogP contribution in [0.4, 0.5) is 30.2 Å². The third-order valence-electron chi connectivity index (χ3n) is 6.29. The molecule has 0 aliphatic carbocycles. The number of hydrogen-bond donors (Lipinski definition) is 1. The molecule has 33 heavy (non-hydrogen) atoms. The summed E-state index contributed by atoms with van der Waals surface area (Å²) in [5.41, 5.74) is 1.61. The Morgan fingerprint density at radius 2 is 1.88 bits per heavy atom. The van der Waals surface area contributed by atoms with E-state index in [2.05, 4.69) is 22.3 Å². The van der Waals surface area contributed by atoms with Crippen LogP contribution >= 0.6 is 0 Å². The van der Waals surface area contributed by atoms with E-state index >= 15 is 0 Å². The standard InChI is InChI=1S/C24H27F3N4O2/c1-16(29(2)14-17-6-5-7-19(12-17)30-10-3-4-11-30)23(33)31-15-22(32)28-20-13-18(24(25,26)27)8-9-21(20)31/h5-9,12-13,16H,3-4,10-11,14-15H2,1-2H3,(H,28,32). The lowest BCUT2D eigenvalue weighted by molar-refractivity contribution is -0.137. The highest BCUT2D eigenvalue weighted by atomic mass is 19.4. The first-order valence-corrected chi connectivity index (χ1v) is 11.0. The van der Waals surface area contributed by atoms with Gasteiger partial charge in [0, 0.05) is 25.3 Å². The van der Waals surface area contributed by atoms with Crippen LogP contribution in [0, 0.1) is 0 Å². The molecule has 176 valence electrons. The number of anilines is 3. The molecule has 2 amide bonds. The van der Waals surface area contributed by atoms with E-state index in [1.54, 1.807) is 6.92 Å². The maximum Gasteiger partial charge on any atom is 0.416 e. The van der Waals surface area contributed by atoms with Gasteiger partial charge in [-0.15, -0.1) is 0 Å². The molecule has 9 heteroatoms. The van der Waals surface area contributed by atoms with Crippen molar-refractivity contribution in [2.45, 2.75) is 38.5 Å². The number of halogens is 3. The molecule has 6 nitrogen and oxygen atoms in total. The van der Waals surface area contributed by atoms with Crippen LogP contribution in [0.25, 0.3) is 0 Å². The summed E-state index contributed by atoms with van der Waals surface area (Å²) in [5.74, 6) is -0.868. The molecule has 2 aromatic carbocycles. The topological polar surface area (TPSA) is 55.9 Å². The molecule has 2 aromatic rings. The molecular weight excluding hydrogens is 433 g/mol. The first-order chi connectivity index (χ1) is 15.6. The third-order valence-corrected chi connectivity index (χ3v) is 6.29. The minimum atomic E-state index is -4.54. The summed E-state index contributed by atoms with van der Waals surface area (Å²) in [6.07, 6.45) is -2.17. The van der Waals surface area contributed by atoms with Crippen molar-refractivity contribution in [1.29, 1.82) is 0 Å². The van der Waals surface area contributed by atoms with E-state index in [-0.39, 0.29) is 23.8 Å². The maximum atomic E-state index is 13.3. The number of rotatable bonds is 5. The molecule has 0 bridgehead atoms. The van der Waals surface area contributed by atoms with Gasteiger partial charge in [-0.2, -0.15) is 13.2 Å². The van der Waals surface area contributed by atoms with Gasteiger partial charge in [0.2, 0.25) is 11.8 Å². The van der Waals surface area contributed by atoms with E-state index in [0.29, 0.717) is 6.54 Å². The van der Waals surface area contributed by atoms with Crippen LogP contribution in [0.15, 0.2) is 42.5 Å². The molecular formula is C24H27F3N4O2. The molecule has 1 atom stereocenters. The van der Waals surface area contributed by atoms with Gasteiger partial charge in [-0.25, -0.2) is 0 Å². The first-order valence-electron chi connectivity index (χ1n) is 11.0. The van der Waals surface area contributed by atoms with E-state index in [1.807, 2.05) is 24.1 Å².